The fourth-order valence-electron chi connectivity index (χ4n) is 2.34. The summed E-state index contributed by atoms with van der Waals surface area (Å²) in [6, 6.07) is 6.88. The largest absolute Gasteiger partial charge is 0.330 e. The SMILES string of the molecule is CCCC(CCN)CCC(=O)Nc1cc(Cl)ccc1C#N. The van der Waals surface area contributed by atoms with E-state index in [1.54, 1.807) is 18.2 Å². The molecule has 0 fully saturated rings. The van der Waals surface area contributed by atoms with Gasteiger partial charge in [0.1, 0.15) is 6.07 Å². The van der Waals surface area contributed by atoms with Crippen LogP contribution in [0.2, 0.25) is 5.02 Å². The lowest BCUT2D eigenvalue weighted by Gasteiger charge is -2.15. The highest BCUT2D eigenvalue weighted by Crippen LogP contribution is 2.22. The summed E-state index contributed by atoms with van der Waals surface area (Å²) >= 11 is 5.89. The summed E-state index contributed by atoms with van der Waals surface area (Å²) in [5.74, 6) is 0.396. The number of hydrogen-bond donors (Lipinski definition) is 2. The fourth-order valence-corrected chi connectivity index (χ4v) is 2.51. The van der Waals surface area contributed by atoms with Crippen molar-refractivity contribution < 1.29 is 4.79 Å². The first-order chi connectivity index (χ1) is 10.1. The van der Waals surface area contributed by atoms with Crippen LogP contribution in [0, 0.1) is 17.2 Å². The molecule has 0 aliphatic heterocycles. The molecule has 5 heteroatoms. The predicted molar refractivity (Wildman–Crippen MR) is 86.1 cm³/mol. The van der Waals surface area contributed by atoms with Gasteiger partial charge in [0.05, 0.1) is 11.3 Å². The Bertz CT molecular complexity index is 505. The van der Waals surface area contributed by atoms with Crippen LogP contribution in [-0.2, 0) is 4.79 Å². The summed E-state index contributed by atoms with van der Waals surface area (Å²) in [6.45, 7) is 2.79. The van der Waals surface area contributed by atoms with E-state index in [-0.39, 0.29) is 5.91 Å². The number of rotatable bonds is 8. The van der Waals surface area contributed by atoms with Crippen molar-refractivity contribution in [2.75, 3.05) is 11.9 Å². The van der Waals surface area contributed by atoms with Crippen molar-refractivity contribution in [1.82, 2.24) is 0 Å². The van der Waals surface area contributed by atoms with Crippen molar-refractivity contribution >= 4 is 23.2 Å². The van der Waals surface area contributed by atoms with E-state index < -0.39 is 0 Å². The molecule has 0 heterocycles. The minimum atomic E-state index is -0.0908. The summed E-state index contributed by atoms with van der Waals surface area (Å²) in [6.07, 6.45) is 4.38. The molecule has 21 heavy (non-hydrogen) atoms. The van der Waals surface area contributed by atoms with Gasteiger partial charge >= 0.3 is 0 Å². The van der Waals surface area contributed by atoms with Crippen LogP contribution in [-0.4, -0.2) is 12.5 Å². The molecule has 0 saturated carbocycles. The predicted octanol–water partition coefficient (Wildman–Crippen LogP) is 3.70. The number of nitrogens with zero attached hydrogens (tertiary/aromatic N) is 1. The van der Waals surface area contributed by atoms with Gasteiger partial charge in [-0.15, -0.1) is 0 Å². The molecule has 1 aromatic carbocycles. The summed E-state index contributed by atoms with van der Waals surface area (Å²) < 4.78 is 0. The van der Waals surface area contributed by atoms with E-state index in [1.165, 1.54) is 0 Å². The quantitative estimate of drug-likeness (QED) is 0.768. The molecule has 114 valence electrons. The third-order valence-electron chi connectivity index (χ3n) is 3.43. The van der Waals surface area contributed by atoms with Crippen LogP contribution in [0.5, 0.6) is 0 Å². The van der Waals surface area contributed by atoms with Crippen LogP contribution >= 0.6 is 11.6 Å². The van der Waals surface area contributed by atoms with E-state index in [9.17, 15) is 4.79 Å². The zero-order valence-electron chi connectivity index (χ0n) is 12.4. The minimum Gasteiger partial charge on any atom is -0.330 e. The highest BCUT2D eigenvalue weighted by molar-refractivity contribution is 6.31. The van der Waals surface area contributed by atoms with Gasteiger partial charge in [-0.1, -0.05) is 31.4 Å². The Kier molecular flexibility index (Phi) is 7.81. The Morgan fingerprint density at radius 1 is 1.43 bits per heavy atom. The Morgan fingerprint density at radius 2 is 2.19 bits per heavy atom. The Hall–Kier alpha value is -1.57. The van der Waals surface area contributed by atoms with Gasteiger partial charge < -0.3 is 11.1 Å². The lowest BCUT2D eigenvalue weighted by molar-refractivity contribution is -0.116. The van der Waals surface area contributed by atoms with Crippen molar-refractivity contribution in [3.63, 3.8) is 0 Å². The van der Waals surface area contributed by atoms with Crippen LogP contribution in [0.1, 0.15) is 44.6 Å². The number of hydrogen-bond acceptors (Lipinski definition) is 3. The Labute approximate surface area is 131 Å². The number of benzene rings is 1. The number of carbonyl (C=O) groups excluding carboxylic acids is 1. The maximum Gasteiger partial charge on any atom is 0.224 e. The lowest BCUT2D eigenvalue weighted by atomic mass is 9.94. The number of nitrogens with one attached hydrogen (secondary N) is 1. The minimum absolute atomic E-state index is 0.0908. The maximum absolute atomic E-state index is 12.0. The highest BCUT2D eigenvalue weighted by atomic mass is 35.5. The second-order valence-electron chi connectivity index (χ2n) is 5.12. The van der Waals surface area contributed by atoms with E-state index in [0.29, 0.717) is 35.2 Å². The van der Waals surface area contributed by atoms with Crippen molar-refractivity contribution in [1.29, 1.82) is 5.26 Å². The van der Waals surface area contributed by atoms with Gasteiger partial charge in [-0.2, -0.15) is 5.26 Å². The van der Waals surface area contributed by atoms with Crippen LogP contribution in [0.4, 0.5) is 5.69 Å². The fraction of sp³-hybridized carbons (Fsp3) is 0.500. The molecule has 1 atom stereocenters. The molecule has 4 nitrogen and oxygen atoms in total. The van der Waals surface area contributed by atoms with E-state index >= 15 is 0 Å². The maximum atomic E-state index is 12.0. The molecule has 1 rings (SSSR count). The number of halogens is 1. The van der Waals surface area contributed by atoms with Crippen molar-refractivity contribution in [2.45, 2.75) is 39.0 Å². The Morgan fingerprint density at radius 3 is 2.81 bits per heavy atom. The zero-order chi connectivity index (χ0) is 15.7. The van der Waals surface area contributed by atoms with Gasteiger partial charge in [0.15, 0.2) is 0 Å². The number of carbonyl (C=O) groups is 1. The molecular formula is C16H22ClN3O. The van der Waals surface area contributed by atoms with Crippen molar-refractivity contribution in [3.8, 4) is 6.07 Å². The average molecular weight is 308 g/mol. The smallest absolute Gasteiger partial charge is 0.224 e. The summed E-state index contributed by atoms with van der Waals surface area (Å²) in [4.78, 5) is 12.0. The Balaban J connectivity index is 2.57. The van der Waals surface area contributed by atoms with E-state index in [4.69, 9.17) is 22.6 Å². The number of nitrogens with two attached hydrogens (primary N) is 1. The standard InChI is InChI=1S/C16H22ClN3O/c1-2-3-12(8-9-18)4-7-16(21)20-15-10-14(17)6-5-13(15)11-19/h5-6,10,12H,2-4,7-9,18H2,1H3,(H,20,21). The summed E-state index contributed by atoms with van der Waals surface area (Å²) in [7, 11) is 0. The number of amides is 1. The van der Waals surface area contributed by atoms with Gasteiger partial charge in [-0.25, -0.2) is 0 Å². The monoisotopic (exact) mass is 307 g/mol. The first kappa shape index (κ1) is 17.5. The van der Waals surface area contributed by atoms with Crippen LogP contribution in [0.3, 0.4) is 0 Å². The number of anilines is 1. The van der Waals surface area contributed by atoms with Gasteiger partial charge in [0, 0.05) is 11.4 Å². The first-order valence-electron chi connectivity index (χ1n) is 7.30. The van der Waals surface area contributed by atoms with Crippen molar-refractivity contribution in [3.05, 3.63) is 28.8 Å². The first-order valence-corrected chi connectivity index (χ1v) is 7.68. The normalized spacial score (nSPS) is 11.7. The average Bonchev–Trinajstić information content (AvgIpc) is 2.45. The second-order valence-corrected chi connectivity index (χ2v) is 5.56. The van der Waals surface area contributed by atoms with Gasteiger partial charge in [0.2, 0.25) is 5.91 Å². The van der Waals surface area contributed by atoms with Crippen LogP contribution in [0.15, 0.2) is 18.2 Å². The van der Waals surface area contributed by atoms with E-state index in [0.717, 1.165) is 25.7 Å². The molecule has 1 unspecified atom stereocenters. The molecule has 0 aliphatic rings. The summed E-state index contributed by atoms with van der Waals surface area (Å²) in [5, 5.41) is 12.3. The molecule has 0 aromatic heterocycles. The molecule has 0 bridgehead atoms. The van der Waals surface area contributed by atoms with E-state index in [2.05, 4.69) is 12.2 Å². The third kappa shape index (κ3) is 6.16. The molecular weight excluding hydrogens is 286 g/mol. The molecule has 1 aromatic rings. The van der Waals surface area contributed by atoms with Crippen molar-refractivity contribution in [2.24, 2.45) is 11.7 Å². The lowest BCUT2D eigenvalue weighted by Crippen LogP contribution is -2.16. The highest BCUT2D eigenvalue weighted by Gasteiger charge is 2.12. The van der Waals surface area contributed by atoms with Crippen LogP contribution < -0.4 is 11.1 Å². The third-order valence-corrected chi connectivity index (χ3v) is 3.66. The number of nitriles is 1. The zero-order valence-corrected chi connectivity index (χ0v) is 13.1. The molecule has 3 N–H and O–H groups in total. The van der Waals surface area contributed by atoms with Gasteiger partial charge in [-0.3, -0.25) is 4.79 Å². The molecule has 0 radical (unpaired) electrons. The molecule has 1 amide bonds. The van der Waals surface area contributed by atoms with Crippen LogP contribution in [0.25, 0.3) is 0 Å². The molecule has 0 aliphatic carbocycles. The topological polar surface area (TPSA) is 78.9 Å². The molecule has 0 spiro atoms. The summed E-state index contributed by atoms with van der Waals surface area (Å²) in [5.41, 5.74) is 6.48. The van der Waals surface area contributed by atoms with Gasteiger partial charge in [-0.05, 0) is 43.5 Å². The van der Waals surface area contributed by atoms with E-state index in [1.807, 2.05) is 6.07 Å². The molecule has 0 saturated heterocycles. The van der Waals surface area contributed by atoms with Gasteiger partial charge in [0.25, 0.3) is 0 Å². The second kappa shape index (κ2) is 9.38.